The van der Waals surface area contributed by atoms with E-state index >= 15 is 0 Å². The zero-order valence-corrected chi connectivity index (χ0v) is 16.9. The molecule has 8 nitrogen and oxygen atoms in total. The van der Waals surface area contributed by atoms with Crippen LogP contribution in [0.2, 0.25) is 0 Å². The number of carbonyl (C=O) groups excluding carboxylic acids is 2. The lowest BCUT2D eigenvalue weighted by atomic mass is 10.2. The van der Waals surface area contributed by atoms with Gasteiger partial charge in [-0.15, -0.1) is 0 Å². The zero-order chi connectivity index (χ0) is 20.5. The van der Waals surface area contributed by atoms with Crippen LogP contribution in [0.5, 0.6) is 17.2 Å². The van der Waals surface area contributed by atoms with E-state index in [-0.39, 0.29) is 17.9 Å². The number of ether oxygens (including phenoxy) is 2. The van der Waals surface area contributed by atoms with Gasteiger partial charge in [0.25, 0.3) is 0 Å². The molecule has 9 heteroatoms. The van der Waals surface area contributed by atoms with Gasteiger partial charge < -0.3 is 19.9 Å². The third kappa shape index (κ3) is 6.27. The molecule has 3 N–H and O–H groups in total. The van der Waals surface area contributed by atoms with Gasteiger partial charge in [0.1, 0.15) is 12.2 Å². The van der Waals surface area contributed by atoms with Crippen molar-refractivity contribution in [2.24, 2.45) is 5.10 Å². The SMILES string of the molecule is CCOc1ccc(NC(=O)CC(=O)N/N=C/c2cc(Br)c(O)c(OC)c2)cc1. The Hall–Kier alpha value is -3.07. The Morgan fingerprint density at radius 2 is 1.93 bits per heavy atom. The number of rotatable bonds is 8. The number of hydrogen-bond donors (Lipinski definition) is 3. The lowest BCUT2D eigenvalue weighted by molar-refractivity contribution is -0.126. The molecule has 0 saturated heterocycles. The van der Waals surface area contributed by atoms with E-state index in [1.54, 1.807) is 36.4 Å². The summed E-state index contributed by atoms with van der Waals surface area (Å²) in [6.45, 7) is 2.44. The summed E-state index contributed by atoms with van der Waals surface area (Å²) in [5.41, 5.74) is 3.42. The van der Waals surface area contributed by atoms with Gasteiger partial charge in [-0.05, 0) is 64.8 Å². The molecule has 0 saturated carbocycles. The fraction of sp³-hybridized carbons (Fsp3) is 0.211. The molecule has 0 unspecified atom stereocenters. The van der Waals surface area contributed by atoms with Crippen molar-refractivity contribution in [2.75, 3.05) is 19.0 Å². The molecule has 0 aliphatic heterocycles. The first-order valence-electron chi connectivity index (χ1n) is 8.34. The van der Waals surface area contributed by atoms with Crippen LogP contribution in [-0.4, -0.2) is 36.9 Å². The number of methoxy groups -OCH3 is 1. The quantitative estimate of drug-likeness (QED) is 0.326. The Labute approximate surface area is 170 Å². The molecule has 0 bridgehead atoms. The Balaban J connectivity index is 1.85. The van der Waals surface area contributed by atoms with Crippen molar-refractivity contribution < 1.29 is 24.2 Å². The molecule has 0 aromatic heterocycles. The first-order valence-corrected chi connectivity index (χ1v) is 9.13. The lowest BCUT2D eigenvalue weighted by Crippen LogP contribution is -2.24. The topological polar surface area (TPSA) is 109 Å². The van der Waals surface area contributed by atoms with Crippen LogP contribution < -0.4 is 20.2 Å². The molecule has 0 aliphatic rings. The van der Waals surface area contributed by atoms with Crippen molar-refractivity contribution in [1.82, 2.24) is 5.43 Å². The van der Waals surface area contributed by atoms with Crippen LogP contribution in [0.25, 0.3) is 0 Å². The molecule has 148 valence electrons. The van der Waals surface area contributed by atoms with E-state index in [0.29, 0.717) is 28.1 Å². The van der Waals surface area contributed by atoms with E-state index in [9.17, 15) is 14.7 Å². The minimum atomic E-state index is -0.565. The molecule has 0 atom stereocenters. The number of halogens is 1. The van der Waals surface area contributed by atoms with E-state index in [0.717, 1.165) is 0 Å². The maximum Gasteiger partial charge on any atom is 0.249 e. The highest BCUT2D eigenvalue weighted by Gasteiger charge is 2.10. The van der Waals surface area contributed by atoms with Gasteiger partial charge in [0.15, 0.2) is 11.5 Å². The summed E-state index contributed by atoms with van der Waals surface area (Å²) in [6, 6.07) is 9.99. The molecule has 2 aromatic carbocycles. The summed E-state index contributed by atoms with van der Waals surface area (Å²) >= 11 is 3.20. The Morgan fingerprint density at radius 1 is 1.21 bits per heavy atom. The van der Waals surface area contributed by atoms with Gasteiger partial charge in [0.05, 0.1) is 24.4 Å². The third-order valence-electron chi connectivity index (χ3n) is 3.44. The van der Waals surface area contributed by atoms with Crippen molar-refractivity contribution in [2.45, 2.75) is 13.3 Å². The Morgan fingerprint density at radius 3 is 2.57 bits per heavy atom. The number of amides is 2. The number of benzene rings is 2. The number of hydrazone groups is 1. The highest BCUT2D eigenvalue weighted by Crippen LogP contribution is 2.34. The normalized spacial score (nSPS) is 10.5. The summed E-state index contributed by atoms with van der Waals surface area (Å²) in [4.78, 5) is 23.8. The van der Waals surface area contributed by atoms with Crippen LogP contribution in [0.15, 0.2) is 46.0 Å². The summed E-state index contributed by atoms with van der Waals surface area (Å²) in [5, 5.41) is 16.2. The number of phenols is 1. The van der Waals surface area contributed by atoms with Crippen molar-refractivity contribution in [3.05, 3.63) is 46.4 Å². The van der Waals surface area contributed by atoms with Crippen LogP contribution in [0.4, 0.5) is 5.69 Å². The van der Waals surface area contributed by atoms with Crippen molar-refractivity contribution >= 4 is 39.6 Å². The maximum atomic E-state index is 11.9. The van der Waals surface area contributed by atoms with E-state index in [2.05, 4.69) is 31.8 Å². The van der Waals surface area contributed by atoms with Crippen molar-refractivity contribution in [3.8, 4) is 17.2 Å². The van der Waals surface area contributed by atoms with E-state index in [4.69, 9.17) is 9.47 Å². The number of phenolic OH excluding ortho intramolecular Hbond substituents is 1. The Bertz CT molecular complexity index is 869. The molecule has 0 heterocycles. The summed E-state index contributed by atoms with van der Waals surface area (Å²) < 4.78 is 10.8. The fourth-order valence-corrected chi connectivity index (χ4v) is 2.65. The van der Waals surface area contributed by atoms with Gasteiger partial charge in [-0.3, -0.25) is 9.59 Å². The average molecular weight is 450 g/mol. The van der Waals surface area contributed by atoms with Crippen LogP contribution in [-0.2, 0) is 9.59 Å². The van der Waals surface area contributed by atoms with Gasteiger partial charge in [-0.2, -0.15) is 5.10 Å². The van der Waals surface area contributed by atoms with Gasteiger partial charge in [0, 0.05) is 5.69 Å². The summed E-state index contributed by atoms with van der Waals surface area (Å²) in [6.07, 6.45) is 0.988. The maximum absolute atomic E-state index is 11.9. The van der Waals surface area contributed by atoms with Crippen LogP contribution >= 0.6 is 15.9 Å². The molecule has 0 aliphatic carbocycles. The number of hydrogen-bond acceptors (Lipinski definition) is 6. The minimum absolute atomic E-state index is 0.0327. The molecule has 28 heavy (non-hydrogen) atoms. The minimum Gasteiger partial charge on any atom is -0.503 e. The highest BCUT2D eigenvalue weighted by molar-refractivity contribution is 9.10. The molecule has 2 aromatic rings. The standard InChI is InChI=1S/C19H20BrN3O5/c1-3-28-14-6-4-13(5-7-14)22-17(24)10-18(25)23-21-11-12-8-15(20)19(26)16(9-12)27-2/h4-9,11,26H,3,10H2,1-2H3,(H,22,24)(H,23,25)/b21-11+. The highest BCUT2D eigenvalue weighted by atomic mass is 79.9. The van der Waals surface area contributed by atoms with Gasteiger partial charge in [0.2, 0.25) is 11.8 Å². The summed E-state index contributed by atoms with van der Waals surface area (Å²) in [5.74, 6) is -0.105. The Kier molecular flexibility index (Phi) is 7.82. The molecule has 0 spiro atoms. The van der Waals surface area contributed by atoms with Gasteiger partial charge >= 0.3 is 0 Å². The monoisotopic (exact) mass is 449 g/mol. The van der Waals surface area contributed by atoms with Gasteiger partial charge in [-0.25, -0.2) is 5.43 Å². The van der Waals surface area contributed by atoms with E-state index in [1.807, 2.05) is 6.92 Å². The zero-order valence-electron chi connectivity index (χ0n) is 15.4. The fourth-order valence-electron chi connectivity index (χ4n) is 2.19. The van der Waals surface area contributed by atoms with E-state index < -0.39 is 11.8 Å². The van der Waals surface area contributed by atoms with Crippen molar-refractivity contribution in [3.63, 3.8) is 0 Å². The van der Waals surface area contributed by atoms with Crippen molar-refractivity contribution in [1.29, 1.82) is 0 Å². The molecule has 2 amide bonds. The molecule has 2 rings (SSSR count). The molecule has 0 radical (unpaired) electrons. The second-order valence-corrected chi connectivity index (χ2v) is 6.38. The largest absolute Gasteiger partial charge is 0.503 e. The number of nitrogens with zero attached hydrogens (tertiary/aromatic N) is 1. The van der Waals surface area contributed by atoms with Gasteiger partial charge in [-0.1, -0.05) is 0 Å². The predicted octanol–water partition coefficient (Wildman–Crippen LogP) is 3.04. The average Bonchev–Trinajstić information content (AvgIpc) is 2.66. The third-order valence-corrected chi connectivity index (χ3v) is 4.05. The van der Waals surface area contributed by atoms with E-state index in [1.165, 1.54) is 13.3 Å². The first kappa shape index (κ1) is 21.2. The smallest absolute Gasteiger partial charge is 0.249 e. The molecular formula is C19H20BrN3O5. The van der Waals surface area contributed by atoms with Crippen LogP contribution in [0.1, 0.15) is 18.9 Å². The second-order valence-electron chi connectivity index (χ2n) is 5.53. The number of nitrogens with one attached hydrogen (secondary N) is 2. The lowest BCUT2D eigenvalue weighted by Gasteiger charge is -2.07. The molecular weight excluding hydrogens is 430 g/mol. The van der Waals surface area contributed by atoms with Crippen LogP contribution in [0.3, 0.4) is 0 Å². The first-order chi connectivity index (χ1) is 13.4. The summed E-state index contributed by atoms with van der Waals surface area (Å²) in [7, 11) is 1.42. The predicted molar refractivity (Wildman–Crippen MR) is 109 cm³/mol. The second kappa shape index (κ2) is 10.3. The number of anilines is 1. The number of carbonyl (C=O) groups is 2. The van der Waals surface area contributed by atoms with Crippen LogP contribution in [0, 0.1) is 0 Å². The molecule has 0 fully saturated rings. The number of aromatic hydroxyl groups is 1.